The van der Waals surface area contributed by atoms with Crippen LogP contribution in [0.25, 0.3) is 32.3 Å². The SMILES string of the molecule is NCCOCCOCCOCCOCCOCCOCC(=O)N[C@@H](Cc1ccc2ccccc2c1)C(=O)N[C@@H](Cc1ccc2ccccc2c1)C(=O)N[C@@H](Cc1ccc2ccccc2c1)C(=O)NCCOCCOCCOCCOCCOCCOCC(N)=O. The van der Waals surface area contributed by atoms with E-state index in [2.05, 4.69) is 21.3 Å². The van der Waals surface area contributed by atoms with Gasteiger partial charge in [0.2, 0.25) is 29.5 Å². The van der Waals surface area contributed by atoms with E-state index in [1.54, 1.807) is 0 Å². The van der Waals surface area contributed by atoms with Gasteiger partial charge in [-0.1, -0.05) is 127 Å². The summed E-state index contributed by atoms with van der Waals surface area (Å²) >= 11 is 0. The maximum Gasteiger partial charge on any atom is 0.246 e. The number of rotatable bonds is 51. The molecule has 0 aliphatic carbocycles. The summed E-state index contributed by atoms with van der Waals surface area (Å²) in [6.07, 6.45) is 0.276. The quantitative estimate of drug-likeness (QED) is 0.0298. The highest BCUT2D eigenvalue weighted by Gasteiger charge is 2.31. The minimum atomic E-state index is -1.20. The number of carbonyl (C=O) groups excluding carboxylic acids is 5. The number of hydrogen-bond donors (Lipinski definition) is 6. The third kappa shape index (κ3) is 29.7. The van der Waals surface area contributed by atoms with Crippen LogP contribution in [-0.4, -0.2) is 219 Å². The molecule has 8 N–H and O–H groups in total. The zero-order valence-corrected chi connectivity index (χ0v) is 51.5. The standard InChI is InChI=1S/C67H90N6O17/c68-19-21-79-23-25-81-27-29-83-31-34-86-36-38-88-40-42-90-50-64(75)71-61(47-52-14-17-55-8-2-5-11-58(55)44-52)66(77)73-62(48-53-15-18-56-9-3-6-12-59(56)45-53)67(78)72-60(46-51-13-16-54-7-1-4-10-57(54)43-51)65(76)70-20-22-80-24-26-82-28-30-84-32-33-85-35-37-87-39-41-89-49-63(69)74/h1-18,43-45,60-62H,19-42,46-50,68H2,(H2,69,74)(H,70,76)(H,71,75)(H,72,78)(H,73,77)/t60-,61-,62-/m0/s1. The molecule has 0 unspecified atom stereocenters. The van der Waals surface area contributed by atoms with Crippen molar-refractivity contribution in [1.82, 2.24) is 21.3 Å². The summed E-state index contributed by atoms with van der Waals surface area (Å²) in [4.78, 5) is 68.4. The molecule has 0 aliphatic rings. The molecule has 5 amide bonds. The molecule has 0 saturated carbocycles. The van der Waals surface area contributed by atoms with Crippen molar-refractivity contribution in [3.63, 3.8) is 0 Å². The number of fused-ring (bicyclic) bond motifs is 3. The van der Waals surface area contributed by atoms with Gasteiger partial charge in [-0.3, -0.25) is 24.0 Å². The van der Waals surface area contributed by atoms with Crippen molar-refractivity contribution in [1.29, 1.82) is 0 Å². The van der Waals surface area contributed by atoms with E-state index in [1.807, 2.05) is 127 Å². The summed E-state index contributed by atoms with van der Waals surface area (Å²) in [5.41, 5.74) is 12.8. The van der Waals surface area contributed by atoms with Crippen LogP contribution in [0.2, 0.25) is 0 Å². The van der Waals surface area contributed by atoms with Crippen LogP contribution < -0.4 is 32.7 Å². The second-order valence-electron chi connectivity index (χ2n) is 20.7. The van der Waals surface area contributed by atoms with Crippen LogP contribution in [0.15, 0.2) is 127 Å². The van der Waals surface area contributed by atoms with Crippen molar-refractivity contribution >= 4 is 61.9 Å². The normalized spacial score (nSPS) is 12.5. The highest BCUT2D eigenvalue weighted by molar-refractivity contribution is 5.95. The molecule has 0 aromatic heterocycles. The molecule has 0 fully saturated rings. The fourth-order valence-corrected chi connectivity index (χ4v) is 9.20. The maximum atomic E-state index is 14.9. The van der Waals surface area contributed by atoms with Crippen LogP contribution in [-0.2, 0) is 100 Å². The second kappa shape index (κ2) is 44.4. The Morgan fingerprint density at radius 2 is 0.611 bits per heavy atom. The number of nitrogens with two attached hydrogens (primary N) is 2. The average molecular weight is 1250 g/mol. The van der Waals surface area contributed by atoms with Gasteiger partial charge in [-0.25, -0.2) is 0 Å². The van der Waals surface area contributed by atoms with Crippen molar-refractivity contribution in [2.24, 2.45) is 11.5 Å². The molecular weight excluding hydrogens is 1160 g/mol. The van der Waals surface area contributed by atoms with Crippen LogP contribution in [0.3, 0.4) is 0 Å². The lowest BCUT2D eigenvalue weighted by Gasteiger charge is -2.26. The van der Waals surface area contributed by atoms with Gasteiger partial charge in [0.1, 0.15) is 31.3 Å². The van der Waals surface area contributed by atoms with Gasteiger partial charge in [-0.15, -0.1) is 0 Å². The predicted octanol–water partition coefficient (Wildman–Crippen LogP) is 3.39. The third-order valence-corrected chi connectivity index (χ3v) is 13.7. The van der Waals surface area contributed by atoms with Gasteiger partial charge in [-0.2, -0.15) is 0 Å². The Morgan fingerprint density at radius 1 is 0.322 bits per heavy atom. The number of primary amides is 1. The van der Waals surface area contributed by atoms with E-state index in [1.165, 1.54) is 0 Å². The Labute approximate surface area is 526 Å². The first-order chi connectivity index (χ1) is 44.1. The van der Waals surface area contributed by atoms with E-state index in [0.29, 0.717) is 119 Å². The Bertz CT molecular complexity index is 3030. The van der Waals surface area contributed by atoms with Gasteiger partial charge in [0.25, 0.3) is 0 Å². The molecule has 6 aromatic carbocycles. The first-order valence-electron chi connectivity index (χ1n) is 30.7. The summed E-state index contributed by atoms with van der Waals surface area (Å²) < 4.78 is 65.9. The number of ether oxygens (including phenoxy) is 12. The topological polar surface area (TPSA) is 296 Å². The molecule has 0 heterocycles. The molecule has 3 atom stereocenters. The average Bonchev–Trinajstić information content (AvgIpc) is 1.71. The summed E-state index contributed by atoms with van der Waals surface area (Å²) in [6, 6.07) is 37.7. The summed E-state index contributed by atoms with van der Waals surface area (Å²) in [6.45, 7) is 7.83. The minimum absolute atomic E-state index is 0.0559. The van der Waals surface area contributed by atoms with E-state index >= 15 is 0 Å². The zero-order chi connectivity index (χ0) is 63.5. The molecule has 0 radical (unpaired) electrons. The summed E-state index contributed by atoms with van der Waals surface area (Å²) in [5, 5.41) is 17.7. The molecule has 6 aromatic rings. The Balaban J connectivity index is 1.02. The van der Waals surface area contributed by atoms with Crippen molar-refractivity contribution in [3.05, 3.63) is 144 Å². The lowest BCUT2D eigenvalue weighted by Crippen LogP contribution is -2.58. The highest BCUT2D eigenvalue weighted by Crippen LogP contribution is 2.20. The fraction of sp³-hybridized carbons (Fsp3) is 0.478. The van der Waals surface area contributed by atoms with Crippen molar-refractivity contribution < 1.29 is 80.8 Å². The van der Waals surface area contributed by atoms with Crippen molar-refractivity contribution in [2.75, 3.05) is 172 Å². The van der Waals surface area contributed by atoms with Gasteiger partial charge in [0.05, 0.1) is 145 Å². The van der Waals surface area contributed by atoms with Gasteiger partial charge < -0.3 is 89.6 Å². The van der Waals surface area contributed by atoms with E-state index in [4.69, 9.17) is 68.3 Å². The largest absolute Gasteiger partial charge is 0.378 e. The van der Waals surface area contributed by atoms with Gasteiger partial charge in [0, 0.05) is 32.4 Å². The van der Waals surface area contributed by atoms with Crippen LogP contribution in [0.1, 0.15) is 16.7 Å². The monoisotopic (exact) mass is 1250 g/mol. The van der Waals surface area contributed by atoms with Crippen LogP contribution in [0.4, 0.5) is 0 Å². The molecule has 490 valence electrons. The molecule has 0 saturated heterocycles. The van der Waals surface area contributed by atoms with E-state index in [9.17, 15) is 24.0 Å². The molecule has 90 heavy (non-hydrogen) atoms. The molecule has 6 rings (SSSR count). The predicted molar refractivity (Wildman–Crippen MR) is 340 cm³/mol. The fourth-order valence-electron chi connectivity index (χ4n) is 9.20. The highest BCUT2D eigenvalue weighted by atomic mass is 16.6. The number of amides is 5. The lowest BCUT2D eigenvalue weighted by atomic mass is 9.98. The summed E-state index contributed by atoms with van der Waals surface area (Å²) in [5.74, 6) is -2.74. The van der Waals surface area contributed by atoms with E-state index in [0.717, 1.165) is 49.0 Å². The summed E-state index contributed by atoms with van der Waals surface area (Å²) in [7, 11) is 0. The Morgan fingerprint density at radius 3 is 0.956 bits per heavy atom. The smallest absolute Gasteiger partial charge is 0.246 e. The first kappa shape index (κ1) is 72.0. The van der Waals surface area contributed by atoms with E-state index in [-0.39, 0.29) is 72.1 Å². The number of nitrogens with one attached hydrogen (secondary N) is 4. The van der Waals surface area contributed by atoms with Crippen LogP contribution in [0, 0.1) is 0 Å². The number of carbonyl (C=O) groups is 5. The molecule has 23 heteroatoms. The zero-order valence-electron chi connectivity index (χ0n) is 51.5. The third-order valence-electron chi connectivity index (χ3n) is 13.7. The Kier molecular flexibility index (Phi) is 35.5. The van der Waals surface area contributed by atoms with Gasteiger partial charge in [0.15, 0.2) is 0 Å². The maximum absolute atomic E-state index is 14.9. The number of benzene rings is 6. The lowest BCUT2D eigenvalue weighted by molar-refractivity contribution is -0.134. The van der Waals surface area contributed by atoms with Crippen LogP contribution in [0.5, 0.6) is 0 Å². The molecule has 23 nitrogen and oxygen atoms in total. The molecule has 0 bridgehead atoms. The van der Waals surface area contributed by atoms with Crippen molar-refractivity contribution in [2.45, 2.75) is 37.4 Å². The van der Waals surface area contributed by atoms with Gasteiger partial charge in [-0.05, 0) is 49.0 Å². The van der Waals surface area contributed by atoms with Gasteiger partial charge >= 0.3 is 0 Å². The first-order valence-corrected chi connectivity index (χ1v) is 30.7. The number of hydrogen-bond acceptors (Lipinski definition) is 18. The molecular formula is C67H90N6O17. The molecule has 0 aliphatic heterocycles. The second-order valence-corrected chi connectivity index (χ2v) is 20.7. The minimum Gasteiger partial charge on any atom is -0.378 e. The Hall–Kier alpha value is -7.07. The van der Waals surface area contributed by atoms with Crippen LogP contribution >= 0.6 is 0 Å². The molecule has 0 spiro atoms. The van der Waals surface area contributed by atoms with Crippen molar-refractivity contribution in [3.8, 4) is 0 Å². The van der Waals surface area contributed by atoms with E-state index < -0.39 is 47.7 Å².